The standard InChI is InChI=1S/C25H19F3NO4S/c1-2-14-11-15(12-19-23(14)33-13-32-19)21-16-7-3-6-10-20(16)34-29(22(21)24(30)31)18-9-5-4-8-17(18)25(26,27)28/h3-12,34H,2,13H2,1H3,(H,30,31). The Morgan fingerprint density at radius 2 is 1.82 bits per heavy atom. The van der Waals surface area contributed by atoms with Crippen LogP contribution in [-0.4, -0.2) is 17.9 Å². The van der Waals surface area contributed by atoms with Crippen molar-refractivity contribution >= 4 is 29.2 Å². The summed E-state index contributed by atoms with van der Waals surface area (Å²) < 4.78 is 54.0. The van der Waals surface area contributed by atoms with Gasteiger partial charge in [0.15, 0.2) is 11.5 Å². The van der Waals surface area contributed by atoms with Crippen LogP contribution in [0.4, 0.5) is 18.9 Å². The predicted octanol–water partition coefficient (Wildman–Crippen LogP) is 6.10. The predicted molar refractivity (Wildman–Crippen MR) is 123 cm³/mol. The van der Waals surface area contributed by atoms with E-state index in [2.05, 4.69) is 0 Å². The molecule has 0 spiro atoms. The Kier molecular flexibility index (Phi) is 5.44. The zero-order valence-corrected chi connectivity index (χ0v) is 18.8. The molecular formula is C25H19F3NO4S. The van der Waals surface area contributed by atoms with E-state index in [1.807, 2.05) is 13.0 Å². The number of hydrogen-bond acceptors (Lipinski definition) is 4. The van der Waals surface area contributed by atoms with Crippen LogP contribution in [0, 0.1) is 0 Å². The second kappa shape index (κ2) is 8.32. The highest BCUT2D eigenvalue weighted by atomic mass is 32.2. The van der Waals surface area contributed by atoms with Crippen LogP contribution >= 0.6 is 11.9 Å². The molecule has 0 saturated heterocycles. The number of aliphatic carboxylic acids is 1. The van der Waals surface area contributed by atoms with Crippen molar-refractivity contribution in [3.63, 3.8) is 0 Å². The van der Waals surface area contributed by atoms with E-state index in [0.717, 1.165) is 11.6 Å². The first-order valence-corrected chi connectivity index (χ1v) is 11.3. The average molecular weight is 486 g/mol. The first-order chi connectivity index (χ1) is 16.3. The van der Waals surface area contributed by atoms with Gasteiger partial charge in [0.2, 0.25) is 6.79 Å². The summed E-state index contributed by atoms with van der Waals surface area (Å²) in [7, 11) is 0. The Bertz CT molecular complexity index is 1340. The van der Waals surface area contributed by atoms with E-state index in [0.29, 0.717) is 51.5 Å². The molecule has 0 aromatic heterocycles. The van der Waals surface area contributed by atoms with Gasteiger partial charge in [-0.1, -0.05) is 49.2 Å². The van der Waals surface area contributed by atoms with Gasteiger partial charge in [0.1, 0.15) is 5.70 Å². The minimum atomic E-state index is -4.65. The molecule has 0 fully saturated rings. The lowest BCUT2D eigenvalue weighted by molar-refractivity contribution is -0.137. The molecule has 34 heavy (non-hydrogen) atoms. The van der Waals surface area contributed by atoms with Gasteiger partial charge in [0.05, 0.1) is 11.3 Å². The zero-order valence-electron chi connectivity index (χ0n) is 17.9. The lowest BCUT2D eigenvalue weighted by atomic mass is 9.92. The van der Waals surface area contributed by atoms with Crippen LogP contribution in [0.5, 0.6) is 11.5 Å². The number of carboxylic acids is 1. The molecule has 0 aliphatic carbocycles. The SMILES string of the molecule is CCc1cc(C2=C(C(=O)O)N(c3ccccc3C(F)(F)F)[SH]c3ccccc32)cc2c1OCO2. The van der Waals surface area contributed by atoms with Crippen LogP contribution in [0.1, 0.15) is 29.2 Å². The van der Waals surface area contributed by atoms with Crippen LogP contribution in [0.25, 0.3) is 5.57 Å². The van der Waals surface area contributed by atoms with Gasteiger partial charge >= 0.3 is 12.1 Å². The molecule has 1 radical (unpaired) electrons. The van der Waals surface area contributed by atoms with Gasteiger partial charge in [-0.2, -0.15) is 13.2 Å². The zero-order chi connectivity index (χ0) is 24.0. The summed E-state index contributed by atoms with van der Waals surface area (Å²) in [5, 5.41) is 10.3. The molecular weight excluding hydrogens is 467 g/mol. The maximum absolute atomic E-state index is 13.9. The summed E-state index contributed by atoms with van der Waals surface area (Å²) in [4.78, 5) is 13.3. The van der Waals surface area contributed by atoms with Gasteiger partial charge in [-0.05, 0) is 53.4 Å². The molecule has 2 heterocycles. The molecule has 0 unspecified atom stereocenters. The van der Waals surface area contributed by atoms with Crippen molar-refractivity contribution in [1.82, 2.24) is 0 Å². The fourth-order valence-corrected chi connectivity index (χ4v) is 5.45. The number of nitrogens with zero attached hydrogens (tertiary/aromatic N) is 1. The molecule has 175 valence electrons. The molecule has 0 bridgehead atoms. The molecule has 0 amide bonds. The van der Waals surface area contributed by atoms with Crippen LogP contribution in [-0.2, 0) is 17.4 Å². The molecule has 9 heteroatoms. The van der Waals surface area contributed by atoms with Gasteiger partial charge in [-0.25, -0.2) is 4.79 Å². The van der Waals surface area contributed by atoms with E-state index in [1.165, 1.54) is 22.5 Å². The molecule has 5 rings (SSSR count). The minimum absolute atomic E-state index is 0.0525. The summed E-state index contributed by atoms with van der Waals surface area (Å²) in [6.07, 6.45) is -4.04. The number of alkyl halides is 3. The highest BCUT2D eigenvalue weighted by molar-refractivity contribution is 8.01. The number of thiol groups is 1. The highest BCUT2D eigenvalue weighted by Crippen LogP contribution is 2.50. The van der Waals surface area contributed by atoms with E-state index in [-0.39, 0.29) is 18.2 Å². The van der Waals surface area contributed by atoms with Gasteiger partial charge in [-0.3, -0.25) is 4.31 Å². The normalized spacial score (nSPS) is 14.9. The van der Waals surface area contributed by atoms with Gasteiger partial charge in [0.25, 0.3) is 0 Å². The highest BCUT2D eigenvalue weighted by Gasteiger charge is 2.39. The number of carbonyl (C=O) groups is 1. The Morgan fingerprint density at radius 1 is 1.09 bits per heavy atom. The Labute approximate surface area is 197 Å². The van der Waals surface area contributed by atoms with Crippen LogP contribution in [0.3, 0.4) is 0 Å². The van der Waals surface area contributed by atoms with Crippen LogP contribution in [0.15, 0.2) is 71.3 Å². The Morgan fingerprint density at radius 3 is 2.56 bits per heavy atom. The molecule has 0 atom stereocenters. The van der Waals surface area contributed by atoms with E-state index in [4.69, 9.17) is 9.47 Å². The molecule has 2 aliphatic heterocycles. The van der Waals surface area contributed by atoms with Crippen molar-refractivity contribution < 1.29 is 32.5 Å². The largest absolute Gasteiger partial charge is 0.477 e. The number of rotatable bonds is 4. The third-order valence-corrected chi connectivity index (χ3v) is 6.91. The van der Waals surface area contributed by atoms with Crippen molar-refractivity contribution in [2.75, 3.05) is 11.1 Å². The monoisotopic (exact) mass is 486 g/mol. The maximum Gasteiger partial charge on any atom is 0.418 e. The summed E-state index contributed by atoms with van der Waals surface area (Å²) in [6.45, 7) is 1.99. The Balaban J connectivity index is 1.82. The first-order valence-electron chi connectivity index (χ1n) is 10.5. The van der Waals surface area contributed by atoms with Crippen molar-refractivity contribution in [3.8, 4) is 11.5 Å². The summed E-state index contributed by atoms with van der Waals surface area (Å²) >= 11 is 0.307. The van der Waals surface area contributed by atoms with Gasteiger partial charge < -0.3 is 14.6 Å². The number of carboxylic acid groups (broad SMARTS) is 1. The lowest BCUT2D eigenvalue weighted by Crippen LogP contribution is -2.28. The quantitative estimate of drug-likeness (QED) is 0.437. The number of halogens is 3. The van der Waals surface area contributed by atoms with Gasteiger partial charge in [-0.15, -0.1) is 0 Å². The Hall–Kier alpha value is -3.59. The van der Waals surface area contributed by atoms with Crippen LogP contribution in [0.2, 0.25) is 0 Å². The number of anilines is 1. The number of hydrogen-bond donors (Lipinski definition) is 2. The van der Waals surface area contributed by atoms with Crippen molar-refractivity contribution in [3.05, 3.63) is 88.6 Å². The van der Waals surface area contributed by atoms with Crippen molar-refractivity contribution in [1.29, 1.82) is 0 Å². The second-order valence-electron chi connectivity index (χ2n) is 7.70. The second-order valence-corrected chi connectivity index (χ2v) is 8.78. The molecule has 3 aromatic carbocycles. The number of aryl methyl sites for hydroxylation is 1. The van der Waals surface area contributed by atoms with Crippen LogP contribution < -0.4 is 13.8 Å². The van der Waals surface area contributed by atoms with E-state index in [1.54, 1.807) is 30.3 Å². The van der Waals surface area contributed by atoms with Gasteiger partial charge in [0, 0.05) is 10.5 Å². The van der Waals surface area contributed by atoms with E-state index in [9.17, 15) is 23.1 Å². The topological polar surface area (TPSA) is 59.0 Å². The fourth-order valence-electron chi connectivity index (χ4n) is 4.22. The summed E-state index contributed by atoms with van der Waals surface area (Å²) in [6, 6.07) is 15.6. The number of benzene rings is 3. The lowest BCUT2D eigenvalue weighted by Gasteiger charge is -2.34. The maximum atomic E-state index is 13.9. The molecule has 5 nitrogen and oxygen atoms in total. The van der Waals surface area contributed by atoms with E-state index >= 15 is 0 Å². The molecule has 0 saturated carbocycles. The van der Waals surface area contributed by atoms with Crippen molar-refractivity contribution in [2.24, 2.45) is 0 Å². The third-order valence-electron chi connectivity index (χ3n) is 5.69. The number of ether oxygens (including phenoxy) is 2. The summed E-state index contributed by atoms with van der Waals surface area (Å²) in [5.41, 5.74) is 0.964. The molecule has 1 N–H and O–H groups in total. The summed E-state index contributed by atoms with van der Waals surface area (Å²) in [5.74, 6) is -0.246. The number of para-hydroxylation sites is 1. The fraction of sp³-hybridized carbons (Fsp3) is 0.160. The third kappa shape index (κ3) is 3.66. The minimum Gasteiger partial charge on any atom is -0.477 e. The molecule has 2 aliphatic rings. The smallest absolute Gasteiger partial charge is 0.418 e. The first kappa shape index (κ1) is 22.2. The van der Waals surface area contributed by atoms with E-state index < -0.39 is 17.7 Å². The molecule has 3 aromatic rings. The number of fused-ring (bicyclic) bond motifs is 2. The average Bonchev–Trinajstić information content (AvgIpc) is 3.30. The van der Waals surface area contributed by atoms with Crippen molar-refractivity contribution in [2.45, 2.75) is 24.4 Å².